The number of rotatable bonds is 1. The van der Waals surface area contributed by atoms with Crippen molar-refractivity contribution in [2.45, 2.75) is 43.0 Å². The smallest absolute Gasteiger partial charge is 0.317 e. The van der Waals surface area contributed by atoms with E-state index in [2.05, 4.69) is 5.32 Å². The first kappa shape index (κ1) is 14.7. The maximum atomic E-state index is 13.5. The van der Waals surface area contributed by atoms with Crippen LogP contribution in [0.3, 0.4) is 0 Å². The Morgan fingerprint density at radius 1 is 1.24 bits per heavy atom. The number of fused-ring (bicyclic) bond motifs is 1. The number of halogens is 1. The van der Waals surface area contributed by atoms with Crippen LogP contribution in [0.2, 0.25) is 0 Å². The van der Waals surface area contributed by atoms with Gasteiger partial charge < -0.3 is 10.2 Å². The largest absolute Gasteiger partial charge is 0.331 e. The van der Waals surface area contributed by atoms with Gasteiger partial charge in [0.1, 0.15) is 5.82 Å². The molecule has 0 bridgehead atoms. The Morgan fingerprint density at radius 2 is 2.00 bits per heavy atom. The normalized spacial score (nSPS) is 22.3. The van der Waals surface area contributed by atoms with Crippen molar-refractivity contribution >= 4 is 17.8 Å². The van der Waals surface area contributed by atoms with Crippen LogP contribution in [0.5, 0.6) is 0 Å². The zero-order chi connectivity index (χ0) is 14.7. The summed E-state index contributed by atoms with van der Waals surface area (Å²) in [7, 11) is 0. The van der Waals surface area contributed by atoms with Crippen molar-refractivity contribution in [3.05, 3.63) is 29.6 Å². The third-order valence-electron chi connectivity index (χ3n) is 4.20. The summed E-state index contributed by atoms with van der Waals surface area (Å²) in [6.07, 6.45) is 5.44. The predicted octanol–water partition coefficient (Wildman–Crippen LogP) is 3.95. The number of amides is 2. The lowest BCUT2D eigenvalue weighted by Crippen LogP contribution is -2.42. The number of nitrogens with one attached hydrogen (secondary N) is 1. The van der Waals surface area contributed by atoms with Crippen molar-refractivity contribution < 1.29 is 9.18 Å². The van der Waals surface area contributed by atoms with Gasteiger partial charge in [-0.2, -0.15) is 0 Å². The molecule has 1 saturated heterocycles. The van der Waals surface area contributed by atoms with E-state index in [0.29, 0.717) is 0 Å². The fourth-order valence-electron chi connectivity index (χ4n) is 3.03. The molecule has 1 aromatic carbocycles. The summed E-state index contributed by atoms with van der Waals surface area (Å²) >= 11 is 1.74. The molecule has 1 unspecified atom stereocenters. The quantitative estimate of drug-likeness (QED) is 0.852. The Labute approximate surface area is 129 Å². The van der Waals surface area contributed by atoms with Crippen LogP contribution in [0.15, 0.2) is 23.1 Å². The molecule has 21 heavy (non-hydrogen) atoms. The number of carbonyl (C=O) groups is 1. The molecule has 3 rings (SSSR count). The number of urea groups is 1. The zero-order valence-electron chi connectivity index (χ0n) is 12.1. The topological polar surface area (TPSA) is 32.3 Å². The molecule has 2 aliphatic rings. The van der Waals surface area contributed by atoms with Crippen LogP contribution in [0.4, 0.5) is 9.18 Å². The molecule has 2 amide bonds. The Balaban J connectivity index is 1.70. The minimum Gasteiger partial charge on any atom is -0.331 e. The van der Waals surface area contributed by atoms with Gasteiger partial charge in [0, 0.05) is 23.7 Å². The van der Waals surface area contributed by atoms with E-state index in [1.165, 1.54) is 18.9 Å². The zero-order valence-corrected chi connectivity index (χ0v) is 12.9. The van der Waals surface area contributed by atoms with Crippen molar-refractivity contribution in [3.8, 4) is 0 Å². The summed E-state index contributed by atoms with van der Waals surface area (Å²) in [5, 5.41) is 3.11. The molecule has 0 aromatic heterocycles. The minimum atomic E-state index is -0.231. The van der Waals surface area contributed by atoms with Gasteiger partial charge in [0.15, 0.2) is 0 Å². The standard InChI is InChI=1S/C16H21FN2OS/c17-12-5-6-15-13(11-12)14(7-10-21-15)18-16(20)19-8-3-1-2-4-9-19/h5-6,11,14H,1-4,7-10H2,(H,18,20). The number of likely N-dealkylation sites (tertiary alicyclic amines) is 1. The van der Waals surface area contributed by atoms with Crippen LogP contribution in [-0.2, 0) is 0 Å². The van der Waals surface area contributed by atoms with Crippen LogP contribution in [-0.4, -0.2) is 29.8 Å². The minimum absolute atomic E-state index is 0.00371. The van der Waals surface area contributed by atoms with Gasteiger partial charge in [0.05, 0.1) is 6.04 Å². The average Bonchev–Trinajstić information content (AvgIpc) is 2.77. The maximum absolute atomic E-state index is 13.5. The first-order valence-corrected chi connectivity index (χ1v) is 8.70. The second kappa shape index (κ2) is 6.69. The third kappa shape index (κ3) is 3.51. The van der Waals surface area contributed by atoms with E-state index in [9.17, 15) is 9.18 Å². The van der Waals surface area contributed by atoms with Crippen LogP contribution in [0.1, 0.15) is 43.7 Å². The molecule has 2 aliphatic heterocycles. The molecule has 3 nitrogen and oxygen atoms in total. The molecule has 0 spiro atoms. The monoisotopic (exact) mass is 308 g/mol. The van der Waals surface area contributed by atoms with E-state index in [4.69, 9.17) is 0 Å². The fourth-order valence-corrected chi connectivity index (χ4v) is 4.13. The molecular weight excluding hydrogens is 287 g/mol. The number of nitrogens with zero attached hydrogens (tertiary/aromatic N) is 1. The molecule has 0 saturated carbocycles. The van der Waals surface area contributed by atoms with Gasteiger partial charge in [-0.1, -0.05) is 12.8 Å². The van der Waals surface area contributed by atoms with E-state index in [1.54, 1.807) is 17.8 Å². The Hall–Kier alpha value is -1.23. The third-order valence-corrected chi connectivity index (χ3v) is 5.32. The Morgan fingerprint density at radius 3 is 2.76 bits per heavy atom. The lowest BCUT2D eigenvalue weighted by molar-refractivity contribution is 0.195. The van der Waals surface area contributed by atoms with Crippen molar-refractivity contribution in [2.24, 2.45) is 0 Å². The van der Waals surface area contributed by atoms with Gasteiger partial charge in [-0.15, -0.1) is 11.8 Å². The van der Waals surface area contributed by atoms with Gasteiger partial charge in [0.2, 0.25) is 0 Å². The van der Waals surface area contributed by atoms with Crippen LogP contribution < -0.4 is 5.32 Å². The van der Waals surface area contributed by atoms with Gasteiger partial charge in [-0.3, -0.25) is 0 Å². The number of carbonyl (C=O) groups excluding carboxylic acids is 1. The van der Waals surface area contributed by atoms with Crippen molar-refractivity contribution in [1.29, 1.82) is 0 Å². The Kier molecular flexibility index (Phi) is 4.68. The highest BCUT2D eigenvalue weighted by Crippen LogP contribution is 2.36. The van der Waals surface area contributed by atoms with E-state index in [1.807, 2.05) is 11.0 Å². The number of thioether (sulfide) groups is 1. The van der Waals surface area contributed by atoms with E-state index in [0.717, 1.165) is 48.6 Å². The first-order valence-electron chi connectivity index (χ1n) is 7.72. The summed E-state index contributed by atoms with van der Waals surface area (Å²) in [6.45, 7) is 1.67. The fraction of sp³-hybridized carbons (Fsp3) is 0.562. The first-order chi connectivity index (χ1) is 10.2. The molecule has 0 aliphatic carbocycles. The summed E-state index contributed by atoms with van der Waals surface area (Å²) in [5.74, 6) is 0.731. The van der Waals surface area contributed by atoms with E-state index < -0.39 is 0 Å². The highest BCUT2D eigenvalue weighted by molar-refractivity contribution is 7.99. The summed E-state index contributed by atoms with van der Waals surface area (Å²) in [6, 6.07) is 4.82. The van der Waals surface area contributed by atoms with Crippen molar-refractivity contribution in [2.75, 3.05) is 18.8 Å². The highest BCUT2D eigenvalue weighted by Gasteiger charge is 2.25. The van der Waals surface area contributed by atoms with Gasteiger partial charge in [-0.25, -0.2) is 9.18 Å². The molecular formula is C16H21FN2OS. The van der Waals surface area contributed by atoms with Gasteiger partial charge in [0.25, 0.3) is 0 Å². The van der Waals surface area contributed by atoms with Gasteiger partial charge in [-0.05, 0) is 43.0 Å². The number of hydrogen-bond acceptors (Lipinski definition) is 2. The Bertz CT molecular complexity index is 515. The summed E-state index contributed by atoms with van der Waals surface area (Å²) in [5.41, 5.74) is 0.925. The molecule has 0 radical (unpaired) electrons. The molecule has 1 N–H and O–H groups in total. The SMILES string of the molecule is O=C(NC1CCSc2ccc(F)cc21)N1CCCCCC1. The molecule has 2 heterocycles. The second-order valence-corrected chi connectivity index (χ2v) is 6.86. The summed E-state index contributed by atoms with van der Waals surface area (Å²) in [4.78, 5) is 15.4. The van der Waals surface area contributed by atoms with E-state index in [-0.39, 0.29) is 17.9 Å². The predicted molar refractivity (Wildman–Crippen MR) is 83.1 cm³/mol. The average molecular weight is 308 g/mol. The highest BCUT2D eigenvalue weighted by atomic mass is 32.2. The van der Waals surface area contributed by atoms with Gasteiger partial charge >= 0.3 is 6.03 Å². The molecule has 5 heteroatoms. The lowest BCUT2D eigenvalue weighted by atomic mass is 10.0. The van der Waals surface area contributed by atoms with Crippen LogP contribution in [0.25, 0.3) is 0 Å². The molecule has 1 fully saturated rings. The van der Waals surface area contributed by atoms with Crippen molar-refractivity contribution in [3.63, 3.8) is 0 Å². The molecule has 1 atom stereocenters. The maximum Gasteiger partial charge on any atom is 0.317 e. The number of benzene rings is 1. The van der Waals surface area contributed by atoms with Crippen LogP contribution in [0, 0.1) is 5.82 Å². The molecule has 1 aromatic rings. The molecule has 114 valence electrons. The van der Waals surface area contributed by atoms with Crippen LogP contribution >= 0.6 is 11.8 Å². The van der Waals surface area contributed by atoms with Crippen molar-refractivity contribution in [1.82, 2.24) is 10.2 Å². The van der Waals surface area contributed by atoms with E-state index >= 15 is 0 Å². The summed E-state index contributed by atoms with van der Waals surface area (Å²) < 4.78 is 13.5. The lowest BCUT2D eigenvalue weighted by Gasteiger charge is -2.29. The second-order valence-electron chi connectivity index (χ2n) is 5.72. The number of hydrogen-bond donors (Lipinski definition) is 1.